The number of anilines is 1. The maximum absolute atomic E-state index is 5.76. The molecule has 0 bridgehead atoms. The topological polar surface area (TPSA) is 67.5 Å². The van der Waals surface area contributed by atoms with E-state index < -0.39 is 0 Å². The minimum Gasteiger partial charge on any atom is -0.494 e. The second-order valence-corrected chi connectivity index (χ2v) is 6.49. The Labute approximate surface area is 149 Å². The fourth-order valence-electron chi connectivity index (χ4n) is 3.29. The summed E-state index contributed by atoms with van der Waals surface area (Å²) >= 11 is 0. The molecule has 1 atom stereocenters. The third-order valence-corrected chi connectivity index (χ3v) is 4.59. The van der Waals surface area contributed by atoms with Crippen molar-refractivity contribution in [1.82, 2.24) is 19.8 Å². The van der Waals surface area contributed by atoms with E-state index in [1.807, 2.05) is 13.0 Å². The van der Waals surface area contributed by atoms with Crippen LogP contribution < -0.4 is 10.5 Å². The second-order valence-electron chi connectivity index (χ2n) is 6.49. The summed E-state index contributed by atoms with van der Waals surface area (Å²) < 4.78 is 5.75. The van der Waals surface area contributed by atoms with Gasteiger partial charge in [0.1, 0.15) is 17.4 Å². The number of benzene rings is 1. The van der Waals surface area contributed by atoms with E-state index in [1.54, 1.807) is 12.3 Å². The Morgan fingerprint density at radius 1 is 1.20 bits per heavy atom. The highest BCUT2D eigenvalue weighted by Gasteiger charge is 2.25. The van der Waals surface area contributed by atoms with E-state index in [-0.39, 0.29) is 0 Å². The second kappa shape index (κ2) is 8.27. The third-order valence-electron chi connectivity index (χ3n) is 4.59. The zero-order valence-electron chi connectivity index (χ0n) is 15.1. The summed E-state index contributed by atoms with van der Waals surface area (Å²) in [6.45, 7) is 9.68. The molecule has 1 aromatic carbocycles. The first-order chi connectivity index (χ1) is 12.2. The smallest absolute Gasteiger partial charge is 0.144 e. The summed E-state index contributed by atoms with van der Waals surface area (Å²) in [5.41, 5.74) is 7.01. The molecule has 134 valence electrons. The highest BCUT2D eigenvalue weighted by atomic mass is 16.5. The fraction of sp³-hybridized carbons (Fsp3) is 0.474. The van der Waals surface area contributed by atoms with Crippen LogP contribution in [0.1, 0.15) is 25.2 Å². The Bertz CT molecular complexity index is 693. The lowest BCUT2D eigenvalue weighted by Crippen LogP contribution is -2.51. The number of nitrogens with two attached hydrogens (primary N) is 1. The molecule has 1 aromatic heterocycles. The van der Waals surface area contributed by atoms with Crippen LogP contribution in [0.4, 0.5) is 5.82 Å². The quantitative estimate of drug-likeness (QED) is 0.868. The summed E-state index contributed by atoms with van der Waals surface area (Å²) in [6, 6.07) is 10.5. The van der Waals surface area contributed by atoms with Gasteiger partial charge < -0.3 is 10.5 Å². The third kappa shape index (κ3) is 4.67. The number of aromatic nitrogens is 2. The molecular weight excluding hydrogens is 314 g/mol. The molecule has 0 aliphatic carbocycles. The summed E-state index contributed by atoms with van der Waals surface area (Å²) in [4.78, 5) is 13.5. The standard InChI is InChI=1S/C19H27N5O/c1-3-25-17-7-5-4-6-16(17)13-23-10-11-24(15(2)12-23)14-19-21-9-8-18(20)22-19/h4-9,15H,3,10-14H2,1-2H3,(H2,20,21,22)/t15-/m1/s1. The monoisotopic (exact) mass is 341 g/mol. The number of ether oxygens (including phenoxy) is 1. The molecule has 1 saturated heterocycles. The van der Waals surface area contributed by atoms with Gasteiger partial charge in [0, 0.05) is 44.0 Å². The number of para-hydroxylation sites is 1. The molecule has 2 N–H and O–H groups in total. The van der Waals surface area contributed by atoms with Crippen molar-refractivity contribution in [1.29, 1.82) is 0 Å². The van der Waals surface area contributed by atoms with E-state index in [0.29, 0.717) is 18.5 Å². The van der Waals surface area contributed by atoms with Gasteiger partial charge in [-0.3, -0.25) is 9.80 Å². The average molecular weight is 341 g/mol. The maximum Gasteiger partial charge on any atom is 0.144 e. The molecule has 1 aliphatic rings. The highest BCUT2D eigenvalue weighted by Crippen LogP contribution is 2.22. The van der Waals surface area contributed by atoms with Crippen LogP contribution in [0, 0.1) is 0 Å². The Hall–Kier alpha value is -2.18. The van der Waals surface area contributed by atoms with Crippen molar-refractivity contribution in [3.8, 4) is 5.75 Å². The predicted molar refractivity (Wildman–Crippen MR) is 99.2 cm³/mol. The number of piperazine rings is 1. The first-order valence-electron chi connectivity index (χ1n) is 8.90. The van der Waals surface area contributed by atoms with Gasteiger partial charge in [-0.25, -0.2) is 9.97 Å². The summed E-state index contributed by atoms with van der Waals surface area (Å²) in [5, 5.41) is 0. The van der Waals surface area contributed by atoms with E-state index in [9.17, 15) is 0 Å². The molecule has 0 unspecified atom stereocenters. The van der Waals surface area contributed by atoms with Crippen LogP contribution in [0.2, 0.25) is 0 Å². The number of rotatable bonds is 6. The fourth-order valence-corrected chi connectivity index (χ4v) is 3.29. The van der Waals surface area contributed by atoms with Gasteiger partial charge in [-0.1, -0.05) is 18.2 Å². The van der Waals surface area contributed by atoms with Crippen LogP contribution in [-0.2, 0) is 13.1 Å². The number of hydrogen-bond acceptors (Lipinski definition) is 6. The summed E-state index contributed by atoms with van der Waals surface area (Å²) in [5.74, 6) is 2.32. The zero-order chi connectivity index (χ0) is 17.6. The lowest BCUT2D eigenvalue weighted by Gasteiger charge is -2.39. The molecule has 25 heavy (non-hydrogen) atoms. The number of nitrogens with zero attached hydrogens (tertiary/aromatic N) is 4. The van der Waals surface area contributed by atoms with Gasteiger partial charge in [0.25, 0.3) is 0 Å². The maximum atomic E-state index is 5.76. The van der Waals surface area contributed by atoms with Crippen molar-refractivity contribution in [3.05, 3.63) is 47.9 Å². The van der Waals surface area contributed by atoms with Crippen LogP contribution in [0.3, 0.4) is 0 Å². The Morgan fingerprint density at radius 3 is 2.80 bits per heavy atom. The number of hydrogen-bond donors (Lipinski definition) is 1. The SMILES string of the molecule is CCOc1ccccc1CN1CCN(Cc2nccc(N)n2)[C@H](C)C1. The van der Waals surface area contributed by atoms with Crippen LogP contribution in [0.25, 0.3) is 0 Å². The molecule has 2 aromatic rings. The van der Waals surface area contributed by atoms with Gasteiger partial charge >= 0.3 is 0 Å². The van der Waals surface area contributed by atoms with Gasteiger partial charge in [-0.15, -0.1) is 0 Å². The van der Waals surface area contributed by atoms with Gasteiger partial charge in [0.15, 0.2) is 0 Å². The molecule has 3 rings (SSSR count). The van der Waals surface area contributed by atoms with Crippen LogP contribution in [0.15, 0.2) is 36.5 Å². The van der Waals surface area contributed by atoms with E-state index >= 15 is 0 Å². The predicted octanol–water partition coefficient (Wildman–Crippen LogP) is 2.16. The van der Waals surface area contributed by atoms with Gasteiger partial charge in [0.05, 0.1) is 13.2 Å². The first-order valence-corrected chi connectivity index (χ1v) is 8.90. The lowest BCUT2D eigenvalue weighted by atomic mass is 10.1. The molecule has 1 aliphatic heterocycles. The van der Waals surface area contributed by atoms with Crippen LogP contribution in [-0.4, -0.2) is 52.1 Å². The largest absolute Gasteiger partial charge is 0.494 e. The average Bonchev–Trinajstić information content (AvgIpc) is 2.59. The summed E-state index contributed by atoms with van der Waals surface area (Å²) in [7, 11) is 0. The zero-order valence-corrected chi connectivity index (χ0v) is 15.1. The molecule has 0 saturated carbocycles. The van der Waals surface area contributed by atoms with Crippen LogP contribution >= 0.6 is 0 Å². The molecule has 1 fully saturated rings. The minimum atomic E-state index is 0.443. The van der Waals surface area contributed by atoms with Gasteiger partial charge in [0.2, 0.25) is 0 Å². The van der Waals surface area contributed by atoms with Crippen molar-refractivity contribution in [3.63, 3.8) is 0 Å². The van der Waals surface area contributed by atoms with Gasteiger partial charge in [-0.2, -0.15) is 0 Å². The Balaban J connectivity index is 1.58. The highest BCUT2D eigenvalue weighted by molar-refractivity contribution is 5.33. The van der Waals surface area contributed by atoms with Crippen molar-refractivity contribution >= 4 is 5.82 Å². The van der Waals surface area contributed by atoms with E-state index in [2.05, 4.69) is 44.9 Å². The molecule has 0 radical (unpaired) electrons. The van der Waals surface area contributed by atoms with Gasteiger partial charge in [-0.05, 0) is 26.0 Å². The molecule has 6 nitrogen and oxygen atoms in total. The van der Waals surface area contributed by atoms with Crippen molar-refractivity contribution in [2.24, 2.45) is 0 Å². The van der Waals surface area contributed by atoms with E-state index in [1.165, 1.54) is 5.56 Å². The van der Waals surface area contributed by atoms with E-state index in [0.717, 1.165) is 44.3 Å². The Kier molecular flexibility index (Phi) is 5.83. The summed E-state index contributed by atoms with van der Waals surface area (Å²) in [6.07, 6.45) is 1.73. The minimum absolute atomic E-state index is 0.443. The van der Waals surface area contributed by atoms with Crippen LogP contribution in [0.5, 0.6) is 5.75 Å². The molecular formula is C19H27N5O. The van der Waals surface area contributed by atoms with Crippen molar-refractivity contribution in [2.75, 3.05) is 32.0 Å². The van der Waals surface area contributed by atoms with Crippen molar-refractivity contribution in [2.45, 2.75) is 33.0 Å². The lowest BCUT2D eigenvalue weighted by molar-refractivity contribution is 0.0708. The van der Waals surface area contributed by atoms with Crippen molar-refractivity contribution < 1.29 is 4.74 Å². The molecule has 2 heterocycles. The Morgan fingerprint density at radius 2 is 2.04 bits per heavy atom. The normalized spacial score (nSPS) is 19.0. The van der Waals surface area contributed by atoms with E-state index in [4.69, 9.17) is 10.5 Å². The number of nitrogen functional groups attached to an aromatic ring is 1. The molecule has 6 heteroatoms. The molecule has 0 amide bonds. The first kappa shape index (κ1) is 17.6. The molecule has 0 spiro atoms.